The zero-order chi connectivity index (χ0) is 16.3. The molecule has 1 aromatic rings. The highest BCUT2D eigenvalue weighted by molar-refractivity contribution is 7.89. The second-order valence-corrected chi connectivity index (χ2v) is 6.16. The van der Waals surface area contributed by atoms with Crippen molar-refractivity contribution in [3.05, 3.63) is 17.2 Å². The first-order valence-corrected chi connectivity index (χ1v) is 7.52. The minimum absolute atomic E-state index is 0.105. The number of hydrogen-bond donors (Lipinski definition) is 2. The van der Waals surface area contributed by atoms with Crippen molar-refractivity contribution in [2.24, 2.45) is 5.73 Å². The van der Waals surface area contributed by atoms with Gasteiger partial charge in [-0.2, -0.15) is 0 Å². The Morgan fingerprint density at radius 2 is 1.81 bits per heavy atom. The van der Waals surface area contributed by atoms with E-state index in [0.29, 0.717) is 0 Å². The van der Waals surface area contributed by atoms with Crippen molar-refractivity contribution < 1.29 is 26.7 Å². The van der Waals surface area contributed by atoms with Gasteiger partial charge in [0.1, 0.15) is 4.90 Å². The van der Waals surface area contributed by atoms with E-state index in [1.165, 1.54) is 20.3 Å². The Morgan fingerprint density at radius 1 is 1.29 bits per heavy atom. The highest BCUT2D eigenvalue weighted by Gasteiger charge is 2.30. The Kier molecular flexibility index (Phi) is 5.74. The molecule has 0 saturated carbocycles. The Balaban J connectivity index is 3.14. The van der Waals surface area contributed by atoms with Gasteiger partial charge in [0, 0.05) is 12.1 Å². The minimum Gasteiger partial charge on any atom is -0.493 e. The van der Waals surface area contributed by atoms with E-state index < -0.39 is 33.9 Å². The molecule has 0 aliphatic heterocycles. The molecule has 0 aromatic heterocycles. The summed E-state index contributed by atoms with van der Waals surface area (Å²) in [6.07, 6.45) is 0. The largest absolute Gasteiger partial charge is 0.493 e. The van der Waals surface area contributed by atoms with E-state index in [-0.39, 0.29) is 16.5 Å². The van der Waals surface area contributed by atoms with Crippen LogP contribution in [-0.2, 0) is 10.0 Å². The molecular formula is C11H15ClF2N2O4S. The van der Waals surface area contributed by atoms with E-state index in [1.807, 2.05) is 0 Å². The molecule has 0 atom stereocenters. The van der Waals surface area contributed by atoms with Gasteiger partial charge in [-0.15, -0.1) is 0 Å². The smallest absolute Gasteiger partial charge is 0.273 e. The van der Waals surface area contributed by atoms with E-state index >= 15 is 0 Å². The number of sulfonamides is 1. The van der Waals surface area contributed by atoms with Crippen LogP contribution in [0.25, 0.3) is 0 Å². The van der Waals surface area contributed by atoms with Gasteiger partial charge in [-0.3, -0.25) is 0 Å². The van der Waals surface area contributed by atoms with Crippen molar-refractivity contribution in [3.63, 3.8) is 0 Å². The summed E-state index contributed by atoms with van der Waals surface area (Å²) in [5, 5.41) is -0.184. The van der Waals surface area contributed by atoms with E-state index in [1.54, 1.807) is 4.72 Å². The quantitative estimate of drug-likeness (QED) is 0.776. The molecule has 21 heavy (non-hydrogen) atoms. The molecule has 0 radical (unpaired) electrons. The van der Waals surface area contributed by atoms with Crippen LogP contribution in [0.5, 0.6) is 11.5 Å². The lowest BCUT2D eigenvalue weighted by atomic mass is 10.3. The van der Waals surface area contributed by atoms with Gasteiger partial charge < -0.3 is 15.2 Å². The molecule has 0 spiro atoms. The second-order valence-electron chi connectivity index (χ2n) is 4.02. The summed E-state index contributed by atoms with van der Waals surface area (Å²) < 4.78 is 61.8. The molecule has 0 amide bonds. The molecule has 0 fully saturated rings. The van der Waals surface area contributed by atoms with Gasteiger partial charge in [-0.05, 0) is 0 Å². The number of halogens is 3. The predicted molar refractivity (Wildman–Crippen MR) is 73.7 cm³/mol. The molecule has 120 valence electrons. The third-order valence-corrected chi connectivity index (χ3v) is 4.41. The van der Waals surface area contributed by atoms with Crippen molar-refractivity contribution in [2.75, 3.05) is 27.3 Å². The maximum atomic E-state index is 13.0. The van der Waals surface area contributed by atoms with Crippen molar-refractivity contribution in [1.82, 2.24) is 4.72 Å². The molecule has 0 aliphatic carbocycles. The number of ether oxygens (including phenoxy) is 2. The number of alkyl halides is 2. The maximum Gasteiger partial charge on any atom is 0.273 e. The Labute approximate surface area is 126 Å². The molecule has 0 heterocycles. The number of rotatable bonds is 7. The zero-order valence-electron chi connectivity index (χ0n) is 11.3. The fourth-order valence-corrected chi connectivity index (χ4v) is 2.98. The lowest BCUT2D eigenvalue weighted by Gasteiger charge is -2.16. The Hall–Kier alpha value is -1.16. The summed E-state index contributed by atoms with van der Waals surface area (Å²) in [4.78, 5) is -0.394. The summed E-state index contributed by atoms with van der Waals surface area (Å²) in [7, 11) is -1.59. The van der Waals surface area contributed by atoms with Gasteiger partial charge in [0.05, 0.1) is 32.3 Å². The molecule has 0 aliphatic rings. The highest BCUT2D eigenvalue weighted by atomic mass is 35.5. The van der Waals surface area contributed by atoms with Crippen LogP contribution in [0, 0.1) is 0 Å². The van der Waals surface area contributed by atoms with Crippen LogP contribution in [0.15, 0.2) is 17.0 Å². The number of hydrogen-bond acceptors (Lipinski definition) is 5. The van der Waals surface area contributed by atoms with Gasteiger partial charge in [-0.25, -0.2) is 21.9 Å². The molecule has 10 heteroatoms. The summed E-state index contributed by atoms with van der Waals surface area (Å²) >= 11 is 5.84. The van der Waals surface area contributed by atoms with Crippen LogP contribution in [0.2, 0.25) is 5.02 Å². The fourth-order valence-electron chi connectivity index (χ4n) is 1.39. The first kappa shape index (κ1) is 17.9. The van der Waals surface area contributed by atoms with Crippen LogP contribution in [0.1, 0.15) is 0 Å². The lowest BCUT2D eigenvalue weighted by Crippen LogP contribution is -2.41. The van der Waals surface area contributed by atoms with Gasteiger partial charge in [0.25, 0.3) is 5.92 Å². The van der Waals surface area contributed by atoms with Crippen molar-refractivity contribution in [2.45, 2.75) is 10.8 Å². The SMILES string of the molecule is COc1cc(Cl)c(S(=O)(=O)NCC(F)(F)CN)cc1OC. The lowest BCUT2D eigenvalue weighted by molar-refractivity contribution is 0.0170. The molecule has 1 rings (SSSR count). The molecule has 0 saturated heterocycles. The highest BCUT2D eigenvalue weighted by Crippen LogP contribution is 2.35. The van der Waals surface area contributed by atoms with Crippen LogP contribution >= 0.6 is 11.6 Å². The molecule has 1 aromatic carbocycles. The van der Waals surface area contributed by atoms with Gasteiger partial charge in [0.15, 0.2) is 11.5 Å². The van der Waals surface area contributed by atoms with Crippen LogP contribution in [-0.4, -0.2) is 41.6 Å². The van der Waals surface area contributed by atoms with Gasteiger partial charge in [-0.1, -0.05) is 11.6 Å². The van der Waals surface area contributed by atoms with Crippen LogP contribution in [0.3, 0.4) is 0 Å². The maximum absolute atomic E-state index is 13.0. The molecule has 0 bridgehead atoms. The van der Waals surface area contributed by atoms with Crippen molar-refractivity contribution in [3.8, 4) is 11.5 Å². The summed E-state index contributed by atoms with van der Waals surface area (Å²) in [6, 6.07) is 2.31. The number of nitrogens with one attached hydrogen (secondary N) is 1. The summed E-state index contributed by atoms with van der Waals surface area (Å²) in [5.41, 5.74) is 4.84. The third kappa shape index (κ3) is 4.40. The second kappa shape index (κ2) is 6.73. The number of methoxy groups -OCH3 is 2. The van der Waals surface area contributed by atoms with Crippen molar-refractivity contribution in [1.29, 1.82) is 0 Å². The predicted octanol–water partition coefficient (Wildman–Crippen LogP) is 1.23. The molecule has 3 N–H and O–H groups in total. The third-order valence-electron chi connectivity index (χ3n) is 2.55. The van der Waals surface area contributed by atoms with Gasteiger partial charge >= 0.3 is 0 Å². The summed E-state index contributed by atoms with van der Waals surface area (Å²) in [5.74, 6) is -3.03. The van der Waals surface area contributed by atoms with Crippen LogP contribution in [0.4, 0.5) is 8.78 Å². The van der Waals surface area contributed by atoms with E-state index in [4.69, 9.17) is 26.8 Å². The molecule has 6 nitrogen and oxygen atoms in total. The first-order valence-electron chi connectivity index (χ1n) is 5.66. The van der Waals surface area contributed by atoms with Crippen LogP contribution < -0.4 is 19.9 Å². The Morgan fingerprint density at radius 3 is 2.29 bits per heavy atom. The minimum atomic E-state index is -4.24. The fraction of sp³-hybridized carbons (Fsp3) is 0.455. The normalized spacial score (nSPS) is 12.3. The average molecular weight is 345 g/mol. The monoisotopic (exact) mass is 344 g/mol. The first-order chi connectivity index (χ1) is 9.66. The average Bonchev–Trinajstić information content (AvgIpc) is 2.44. The van der Waals surface area contributed by atoms with E-state index in [0.717, 1.165) is 6.07 Å². The topological polar surface area (TPSA) is 90.7 Å². The van der Waals surface area contributed by atoms with E-state index in [2.05, 4.69) is 0 Å². The molecule has 0 unspecified atom stereocenters. The molecular weight excluding hydrogens is 330 g/mol. The number of benzene rings is 1. The van der Waals surface area contributed by atoms with Gasteiger partial charge in [0.2, 0.25) is 10.0 Å². The Bertz CT molecular complexity index is 610. The van der Waals surface area contributed by atoms with E-state index in [9.17, 15) is 17.2 Å². The summed E-state index contributed by atoms with van der Waals surface area (Å²) in [6.45, 7) is -2.11. The standard InChI is InChI=1S/C11H15ClF2N2O4S/c1-19-8-3-7(12)10(4-9(8)20-2)21(17,18)16-6-11(13,14)5-15/h3-4,16H,5-6,15H2,1-2H3. The number of nitrogens with two attached hydrogens (primary N) is 1. The zero-order valence-corrected chi connectivity index (χ0v) is 12.9. The van der Waals surface area contributed by atoms with Crippen molar-refractivity contribution >= 4 is 21.6 Å².